The molecule has 2 aliphatic rings. The molecule has 2 heterocycles. The van der Waals surface area contributed by atoms with E-state index in [9.17, 15) is 19.2 Å². The van der Waals surface area contributed by atoms with Gasteiger partial charge < -0.3 is 5.32 Å². The van der Waals surface area contributed by atoms with Crippen molar-refractivity contribution in [1.82, 2.24) is 10.6 Å². The number of nitrogens with one attached hydrogen (secondary N) is 2. The average molecular weight is 180 g/mol. The third kappa shape index (κ3) is 0.883. The highest BCUT2D eigenvalue weighted by Crippen LogP contribution is 2.16. The fourth-order valence-corrected chi connectivity index (χ4v) is 1.24. The largest absolute Gasteiger partial charge is 0.331 e. The number of imide groups is 1. The van der Waals surface area contributed by atoms with Gasteiger partial charge in [0.1, 0.15) is 5.57 Å². The maximum Gasteiger partial charge on any atom is 0.263 e. The molecule has 0 radical (unpaired) electrons. The summed E-state index contributed by atoms with van der Waals surface area (Å²) in [5, 5.41) is 4.09. The summed E-state index contributed by atoms with van der Waals surface area (Å²) in [5.74, 6) is -4.43. The fourth-order valence-electron chi connectivity index (χ4n) is 1.24. The Morgan fingerprint density at radius 3 is 2.46 bits per heavy atom. The van der Waals surface area contributed by atoms with Crippen LogP contribution in [0.25, 0.3) is 0 Å². The molecule has 2 bridgehead atoms. The van der Waals surface area contributed by atoms with Crippen LogP contribution in [0.4, 0.5) is 0 Å². The number of hydrogen-bond acceptors (Lipinski definition) is 4. The van der Waals surface area contributed by atoms with Gasteiger partial charge in [-0.3, -0.25) is 24.5 Å². The number of hydrogen-bond donors (Lipinski definition) is 2. The van der Waals surface area contributed by atoms with Crippen molar-refractivity contribution in [3.8, 4) is 0 Å². The molecule has 2 N–H and O–H groups in total. The van der Waals surface area contributed by atoms with E-state index in [1.165, 1.54) is 0 Å². The Balaban J connectivity index is 2.54. The zero-order valence-electron chi connectivity index (χ0n) is 6.29. The van der Waals surface area contributed by atoms with Crippen molar-refractivity contribution in [2.75, 3.05) is 0 Å². The second kappa shape index (κ2) is 2.25. The molecule has 1 unspecified atom stereocenters. The Bertz CT molecular complexity index is 382. The first-order chi connectivity index (χ1) is 6.11. The Labute approximate surface area is 72.0 Å². The number of ketones is 1. The van der Waals surface area contributed by atoms with Crippen LogP contribution in [0.3, 0.4) is 0 Å². The molecule has 2 rings (SSSR count). The molecule has 13 heavy (non-hydrogen) atoms. The van der Waals surface area contributed by atoms with E-state index in [1.807, 2.05) is 5.32 Å². The standard InChI is InChI=1S/C7H4N2O4/c10-4-2-1-8-6(12)3(4)7(13)9-5(2)11/h1,3H,(H,8,12)(H,9,11,13). The van der Waals surface area contributed by atoms with Crippen LogP contribution >= 0.6 is 0 Å². The summed E-state index contributed by atoms with van der Waals surface area (Å²) in [6, 6.07) is 0. The first-order valence-electron chi connectivity index (χ1n) is 3.51. The summed E-state index contributed by atoms with van der Waals surface area (Å²) in [6.07, 6.45) is 1.02. The van der Waals surface area contributed by atoms with E-state index < -0.39 is 29.4 Å². The Morgan fingerprint density at radius 1 is 1.08 bits per heavy atom. The molecule has 0 saturated carbocycles. The molecule has 1 saturated heterocycles. The van der Waals surface area contributed by atoms with Gasteiger partial charge in [0.15, 0.2) is 11.7 Å². The number of carbonyl (C=O) groups excluding carboxylic acids is 4. The number of Topliss-reactive ketones (excluding diaryl/α,β-unsaturated/α-hetero) is 1. The van der Waals surface area contributed by atoms with Gasteiger partial charge in [-0.15, -0.1) is 0 Å². The highest BCUT2D eigenvalue weighted by atomic mass is 16.2. The predicted molar refractivity (Wildman–Crippen MR) is 37.9 cm³/mol. The minimum absolute atomic E-state index is 0.177. The van der Waals surface area contributed by atoms with Crippen molar-refractivity contribution in [2.45, 2.75) is 0 Å². The smallest absolute Gasteiger partial charge is 0.263 e. The molecule has 6 nitrogen and oxygen atoms in total. The van der Waals surface area contributed by atoms with Gasteiger partial charge in [0.2, 0.25) is 11.8 Å². The van der Waals surface area contributed by atoms with Crippen molar-refractivity contribution >= 4 is 23.5 Å². The van der Waals surface area contributed by atoms with Gasteiger partial charge in [0, 0.05) is 6.20 Å². The van der Waals surface area contributed by atoms with Crippen LogP contribution in [0.2, 0.25) is 0 Å². The maximum atomic E-state index is 11.2. The molecular formula is C7H4N2O4. The van der Waals surface area contributed by atoms with Gasteiger partial charge in [0.05, 0.1) is 0 Å². The van der Waals surface area contributed by atoms with E-state index in [-0.39, 0.29) is 5.57 Å². The summed E-state index contributed by atoms with van der Waals surface area (Å²) in [4.78, 5) is 44.2. The number of amides is 3. The summed E-state index contributed by atoms with van der Waals surface area (Å²) in [5.41, 5.74) is -0.177. The zero-order chi connectivity index (χ0) is 9.59. The fraction of sp³-hybridized carbons (Fsp3) is 0.143. The van der Waals surface area contributed by atoms with Gasteiger partial charge in [-0.1, -0.05) is 0 Å². The first-order valence-corrected chi connectivity index (χ1v) is 3.51. The third-order valence-electron chi connectivity index (χ3n) is 1.89. The zero-order valence-corrected chi connectivity index (χ0v) is 6.29. The molecule has 0 aliphatic carbocycles. The van der Waals surface area contributed by atoms with Crippen LogP contribution in [0, 0.1) is 5.92 Å². The number of rotatable bonds is 0. The lowest BCUT2D eigenvalue weighted by molar-refractivity contribution is -0.145. The maximum absolute atomic E-state index is 11.2. The lowest BCUT2D eigenvalue weighted by atomic mass is 9.89. The first kappa shape index (κ1) is 7.66. The SMILES string of the molecule is O=C1NC(=O)C2C(=O)NC=C1C2=O. The molecule has 2 aliphatic heterocycles. The normalized spacial score (nSPS) is 26.5. The lowest BCUT2D eigenvalue weighted by Gasteiger charge is -2.24. The van der Waals surface area contributed by atoms with Crippen molar-refractivity contribution in [3.63, 3.8) is 0 Å². The Hall–Kier alpha value is -1.98. The second-order valence-corrected chi connectivity index (χ2v) is 2.68. The number of carbonyl (C=O) groups is 4. The van der Waals surface area contributed by atoms with E-state index in [2.05, 4.69) is 5.32 Å². The van der Waals surface area contributed by atoms with Gasteiger partial charge in [-0.25, -0.2) is 0 Å². The minimum Gasteiger partial charge on any atom is -0.331 e. The van der Waals surface area contributed by atoms with Crippen LogP contribution in [-0.4, -0.2) is 23.5 Å². The predicted octanol–water partition coefficient (Wildman–Crippen LogP) is -2.16. The molecule has 0 aromatic heterocycles. The van der Waals surface area contributed by atoms with Gasteiger partial charge >= 0.3 is 0 Å². The summed E-state index contributed by atoms with van der Waals surface area (Å²) in [7, 11) is 0. The molecule has 0 aromatic rings. The van der Waals surface area contributed by atoms with Crippen LogP contribution in [0.15, 0.2) is 11.8 Å². The molecule has 66 valence electrons. The van der Waals surface area contributed by atoms with Gasteiger partial charge in [-0.05, 0) is 0 Å². The molecule has 1 atom stereocenters. The van der Waals surface area contributed by atoms with E-state index in [1.54, 1.807) is 0 Å². The Morgan fingerprint density at radius 2 is 1.77 bits per heavy atom. The van der Waals surface area contributed by atoms with Crippen molar-refractivity contribution < 1.29 is 19.2 Å². The summed E-state index contributed by atoms with van der Waals surface area (Å²) >= 11 is 0. The van der Waals surface area contributed by atoms with Crippen LogP contribution in [0.1, 0.15) is 0 Å². The molecular weight excluding hydrogens is 176 g/mol. The molecule has 3 amide bonds. The number of fused-ring (bicyclic) bond motifs is 2. The van der Waals surface area contributed by atoms with E-state index in [0.29, 0.717) is 0 Å². The minimum atomic E-state index is -1.39. The van der Waals surface area contributed by atoms with Crippen molar-refractivity contribution in [2.24, 2.45) is 5.92 Å². The average Bonchev–Trinajstić information content (AvgIpc) is 2.01. The van der Waals surface area contributed by atoms with E-state index in [0.717, 1.165) is 6.20 Å². The molecule has 1 fully saturated rings. The summed E-state index contributed by atoms with van der Waals surface area (Å²) < 4.78 is 0. The number of piperidine rings is 1. The van der Waals surface area contributed by atoms with Gasteiger partial charge in [-0.2, -0.15) is 0 Å². The quantitative estimate of drug-likeness (QED) is 0.252. The van der Waals surface area contributed by atoms with E-state index >= 15 is 0 Å². The molecule has 0 aromatic carbocycles. The monoisotopic (exact) mass is 180 g/mol. The molecule has 0 spiro atoms. The highest BCUT2D eigenvalue weighted by Gasteiger charge is 2.45. The van der Waals surface area contributed by atoms with Crippen LogP contribution in [0.5, 0.6) is 0 Å². The van der Waals surface area contributed by atoms with Crippen LogP contribution in [-0.2, 0) is 19.2 Å². The van der Waals surface area contributed by atoms with Crippen molar-refractivity contribution in [1.29, 1.82) is 0 Å². The van der Waals surface area contributed by atoms with Crippen LogP contribution < -0.4 is 10.6 Å². The second-order valence-electron chi connectivity index (χ2n) is 2.68. The lowest BCUT2D eigenvalue weighted by Crippen LogP contribution is -2.56. The highest BCUT2D eigenvalue weighted by molar-refractivity contribution is 6.39. The van der Waals surface area contributed by atoms with Crippen molar-refractivity contribution in [3.05, 3.63) is 11.8 Å². The Kier molecular flexibility index (Phi) is 1.33. The van der Waals surface area contributed by atoms with E-state index in [4.69, 9.17) is 0 Å². The van der Waals surface area contributed by atoms with Gasteiger partial charge in [0.25, 0.3) is 5.91 Å². The third-order valence-corrected chi connectivity index (χ3v) is 1.89. The summed E-state index contributed by atoms with van der Waals surface area (Å²) in [6.45, 7) is 0. The topological polar surface area (TPSA) is 92.3 Å². The molecule has 6 heteroatoms.